The van der Waals surface area contributed by atoms with Gasteiger partial charge in [0.05, 0.1) is 25.9 Å². The molecule has 0 aliphatic carbocycles. The molecule has 0 radical (unpaired) electrons. The molecular formula is C23H43Cl2N3O5. The molecule has 33 heavy (non-hydrogen) atoms. The van der Waals surface area contributed by atoms with Crippen molar-refractivity contribution < 1.29 is 24.1 Å². The minimum atomic E-state index is -0.765. The van der Waals surface area contributed by atoms with Gasteiger partial charge in [-0.3, -0.25) is 4.79 Å². The number of halogens is 2. The number of carbonyl (C=O) groups is 1. The Morgan fingerprint density at radius 3 is 2.33 bits per heavy atom. The average molecular weight is 513 g/mol. The Bertz CT molecular complexity index is 667. The Morgan fingerprint density at radius 2 is 1.79 bits per heavy atom. The Kier molecular flexibility index (Phi) is 18.6. The molecule has 1 rings (SSSR count). The zero-order valence-corrected chi connectivity index (χ0v) is 22.0. The van der Waals surface area contributed by atoms with Gasteiger partial charge < -0.3 is 36.1 Å². The van der Waals surface area contributed by atoms with Crippen molar-refractivity contribution in [2.24, 2.45) is 23.3 Å². The van der Waals surface area contributed by atoms with Crippen LogP contribution >= 0.6 is 24.8 Å². The molecule has 1 aromatic rings. The lowest BCUT2D eigenvalue weighted by Crippen LogP contribution is -2.48. The number of aliphatic hydroxyl groups is 1. The maximum atomic E-state index is 11.1. The molecule has 1 amide bonds. The van der Waals surface area contributed by atoms with Gasteiger partial charge in [-0.25, -0.2) is 0 Å². The first-order valence-electron chi connectivity index (χ1n) is 10.9. The minimum absolute atomic E-state index is 0. The van der Waals surface area contributed by atoms with Gasteiger partial charge in [-0.2, -0.15) is 0 Å². The van der Waals surface area contributed by atoms with Gasteiger partial charge in [0.2, 0.25) is 5.91 Å². The summed E-state index contributed by atoms with van der Waals surface area (Å²) in [5, 5.41) is 13.3. The van der Waals surface area contributed by atoms with Crippen LogP contribution in [0.5, 0.6) is 11.5 Å². The Hall–Kier alpha value is -1.29. The van der Waals surface area contributed by atoms with E-state index in [1.807, 2.05) is 18.2 Å². The van der Waals surface area contributed by atoms with Gasteiger partial charge in [-0.05, 0) is 49.3 Å². The van der Waals surface area contributed by atoms with E-state index < -0.39 is 24.1 Å². The first kappa shape index (κ1) is 33.9. The highest BCUT2D eigenvalue weighted by atomic mass is 35.5. The monoisotopic (exact) mass is 511 g/mol. The highest BCUT2D eigenvalue weighted by Gasteiger charge is 2.24. The Morgan fingerprint density at radius 1 is 1.12 bits per heavy atom. The van der Waals surface area contributed by atoms with Crippen LogP contribution in [-0.2, 0) is 16.0 Å². The number of methoxy groups -OCH3 is 2. The SMILES string of the molecule is COCCCOc1cc(C[C@@H](C[C@H](N)[C@@H](O)CN[C@@H](C)C(N)=O)C(C)C)ccc1OC.Cl.Cl. The third-order valence-corrected chi connectivity index (χ3v) is 5.55. The van der Waals surface area contributed by atoms with E-state index in [4.69, 9.17) is 25.7 Å². The lowest BCUT2D eigenvalue weighted by atomic mass is 9.83. The van der Waals surface area contributed by atoms with E-state index in [0.29, 0.717) is 37.1 Å². The predicted molar refractivity (Wildman–Crippen MR) is 137 cm³/mol. The zero-order chi connectivity index (χ0) is 23.4. The van der Waals surface area contributed by atoms with E-state index in [0.717, 1.165) is 18.4 Å². The maximum absolute atomic E-state index is 11.1. The number of hydrogen-bond donors (Lipinski definition) is 4. The number of benzene rings is 1. The summed E-state index contributed by atoms with van der Waals surface area (Å²) >= 11 is 0. The van der Waals surface area contributed by atoms with Crippen LogP contribution in [0.15, 0.2) is 18.2 Å². The Balaban J connectivity index is 0. The molecule has 0 aliphatic heterocycles. The molecule has 0 heterocycles. The highest BCUT2D eigenvalue weighted by Crippen LogP contribution is 2.31. The molecule has 0 spiro atoms. The zero-order valence-electron chi connectivity index (χ0n) is 20.4. The lowest BCUT2D eigenvalue weighted by molar-refractivity contribution is -0.119. The van der Waals surface area contributed by atoms with Crippen molar-refractivity contribution in [3.63, 3.8) is 0 Å². The maximum Gasteiger partial charge on any atom is 0.234 e. The standard InChI is InChI=1S/C23H41N3O5.2ClH/c1-15(2)18(13-19(24)20(27)14-26-16(3)23(25)28)11-17-7-8-21(30-5)22(12-17)31-10-6-9-29-4;;/h7-8,12,15-16,18-20,26-27H,6,9-11,13-14,24H2,1-5H3,(H2,25,28);2*1H/t16-,18-,19-,20-;;/m0../s1. The molecule has 1 aromatic carbocycles. The molecule has 10 heteroatoms. The number of nitrogens with two attached hydrogens (primary N) is 2. The van der Waals surface area contributed by atoms with Gasteiger partial charge in [0, 0.05) is 32.7 Å². The third-order valence-electron chi connectivity index (χ3n) is 5.55. The van der Waals surface area contributed by atoms with Crippen LogP contribution in [0.1, 0.15) is 39.2 Å². The number of hydrogen-bond acceptors (Lipinski definition) is 7. The molecule has 0 unspecified atom stereocenters. The summed E-state index contributed by atoms with van der Waals surface area (Å²) in [7, 11) is 3.30. The second-order valence-corrected chi connectivity index (χ2v) is 8.39. The second kappa shape index (κ2) is 18.1. The largest absolute Gasteiger partial charge is 0.493 e. The summed E-state index contributed by atoms with van der Waals surface area (Å²) < 4.78 is 16.4. The first-order valence-corrected chi connectivity index (χ1v) is 10.9. The normalized spacial score (nSPS) is 14.4. The van der Waals surface area contributed by atoms with E-state index in [1.54, 1.807) is 21.1 Å². The van der Waals surface area contributed by atoms with Crippen LogP contribution < -0.4 is 26.3 Å². The molecule has 194 valence electrons. The molecule has 0 bridgehead atoms. The van der Waals surface area contributed by atoms with E-state index in [2.05, 4.69) is 19.2 Å². The molecule has 0 aromatic heterocycles. The van der Waals surface area contributed by atoms with E-state index in [9.17, 15) is 9.90 Å². The quantitative estimate of drug-likeness (QED) is 0.250. The summed E-state index contributed by atoms with van der Waals surface area (Å²) in [5.41, 5.74) is 12.7. The van der Waals surface area contributed by atoms with Crippen LogP contribution in [0.2, 0.25) is 0 Å². The van der Waals surface area contributed by atoms with E-state index >= 15 is 0 Å². The van der Waals surface area contributed by atoms with Crippen molar-refractivity contribution in [1.29, 1.82) is 0 Å². The fourth-order valence-electron chi connectivity index (χ4n) is 3.30. The van der Waals surface area contributed by atoms with Crippen molar-refractivity contribution >= 4 is 30.7 Å². The van der Waals surface area contributed by atoms with Gasteiger partial charge in [-0.1, -0.05) is 19.9 Å². The van der Waals surface area contributed by atoms with Crippen LogP contribution in [0, 0.1) is 11.8 Å². The second-order valence-electron chi connectivity index (χ2n) is 8.39. The summed E-state index contributed by atoms with van der Waals surface area (Å²) in [6, 6.07) is 5.04. The van der Waals surface area contributed by atoms with Gasteiger partial charge >= 0.3 is 0 Å². The van der Waals surface area contributed by atoms with Crippen LogP contribution in [0.3, 0.4) is 0 Å². The summed E-state index contributed by atoms with van der Waals surface area (Å²) in [6.07, 6.45) is 1.50. The smallest absolute Gasteiger partial charge is 0.234 e. The number of primary amides is 1. The lowest BCUT2D eigenvalue weighted by Gasteiger charge is -2.28. The number of ether oxygens (including phenoxy) is 3. The molecule has 6 N–H and O–H groups in total. The van der Waals surface area contributed by atoms with E-state index in [1.165, 1.54) is 0 Å². The topological polar surface area (TPSA) is 129 Å². The molecule has 0 saturated carbocycles. The van der Waals surface area contributed by atoms with Gasteiger partial charge in [0.15, 0.2) is 11.5 Å². The van der Waals surface area contributed by atoms with Crippen molar-refractivity contribution in [1.82, 2.24) is 5.32 Å². The molecule has 0 saturated heterocycles. The predicted octanol–water partition coefficient (Wildman–Crippen LogP) is 2.31. The molecule has 8 nitrogen and oxygen atoms in total. The fourth-order valence-corrected chi connectivity index (χ4v) is 3.30. The van der Waals surface area contributed by atoms with Crippen molar-refractivity contribution in [2.45, 2.75) is 58.2 Å². The van der Waals surface area contributed by atoms with Crippen LogP contribution in [0.25, 0.3) is 0 Å². The average Bonchev–Trinajstić information content (AvgIpc) is 2.74. The van der Waals surface area contributed by atoms with Crippen LogP contribution in [-0.4, -0.2) is 63.2 Å². The molecule has 4 atom stereocenters. The van der Waals surface area contributed by atoms with Gasteiger partial charge in [-0.15, -0.1) is 24.8 Å². The Labute approximate surface area is 210 Å². The van der Waals surface area contributed by atoms with Crippen molar-refractivity contribution in [3.8, 4) is 11.5 Å². The summed E-state index contributed by atoms with van der Waals surface area (Å²) in [5.74, 6) is 1.61. The summed E-state index contributed by atoms with van der Waals surface area (Å²) in [4.78, 5) is 11.1. The van der Waals surface area contributed by atoms with Crippen molar-refractivity contribution in [2.75, 3.05) is 34.0 Å². The number of amides is 1. The minimum Gasteiger partial charge on any atom is -0.493 e. The number of aliphatic hydroxyl groups excluding tert-OH is 1. The number of carbonyl (C=O) groups excluding carboxylic acids is 1. The van der Waals surface area contributed by atoms with Gasteiger partial charge in [0.1, 0.15) is 0 Å². The van der Waals surface area contributed by atoms with E-state index in [-0.39, 0.29) is 37.3 Å². The molecule has 0 aliphatic rings. The number of rotatable bonds is 16. The molecular weight excluding hydrogens is 469 g/mol. The highest BCUT2D eigenvalue weighted by molar-refractivity contribution is 5.85. The third kappa shape index (κ3) is 12.7. The summed E-state index contributed by atoms with van der Waals surface area (Å²) in [6.45, 7) is 7.39. The fraction of sp³-hybridized carbons (Fsp3) is 0.696. The van der Waals surface area contributed by atoms with Crippen molar-refractivity contribution in [3.05, 3.63) is 23.8 Å². The first-order chi connectivity index (χ1) is 14.7. The molecule has 0 fully saturated rings. The number of nitrogens with one attached hydrogen (secondary N) is 1. The van der Waals surface area contributed by atoms with Crippen LogP contribution in [0.4, 0.5) is 0 Å². The van der Waals surface area contributed by atoms with Gasteiger partial charge in [0.25, 0.3) is 0 Å².